The minimum absolute atomic E-state index is 0.150. The van der Waals surface area contributed by atoms with Crippen molar-refractivity contribution in [2.45, 2.75) is 19.9 Å². The predicted octanol–water partition coefficient (Wildman–Crippen LogP) is 3.22. The number of amides is 1. The second-order valence-corrected chi connectivity index (χ2v) is 8.88. The highest BCUT2D eigenvalue weighted by molar-refractivity contribution is 7.09. The van der Waals surface area contributed by atoms with Gasteiger partial charge in [-0.05, 0) is 18.1 Å². The van der Waals surface area contributed by atoms with Gasteiger partial charge in [-0.2, -0.15) is 4.37 Å². The van der Waals surface area contributed by atoms with E-state index in [-0.39, 0.29) is 5.91 Å². The molecular weight excluding hydrogens is 406 g/mol. The molecule has 7 heteroatoms. The van der Waals surface area contributed by atoms with Crippen LogP contribution in [0.5, 0.6) is 0 Å². The van der Waals surface area contributed by atoms with E-state index >= 15 is 0 Å². The number of aromatic nitrogens is 2. The summed E-state index contributed by atoms with van der Waals surface area (Å²) in [7, 11) is 1.92. The van der Waals surface area contributed by atoms with Gasteiger partial charge in [-0.3, -0.25) is 9.69 Å². The first-order chi connectivity index (χ1) is 15.1. The van der Waals surface area contributed by atoms with Crippen LogP contribution in [0.4, 0.5) is 5.13 Å². The van der Waals surface area contributed by atoms with Crippen molar-refractivity contribution in [1.82, 2.24) is 19.2 Å². The lowest BCUT2D eigenvalue weighted by molar-refractivity contribution is -0.131. The van der Waals surface area contributed by atoms with Crippen molar-refractivity contribution in [3.63, 3.8) is 0 Å². The standard InChI is InChI=1S/C24H29N5OS/c1-19-8-10-20(11-9-19)16-22-25-24(31-26-22)27(2)18-23(30)29-14-12-28(13-15-29)17-21-6-4-3-5-7-21/h3-11H,12-18H2,1-2H3. The molecular formula is C24H29N5OS. The number of hydrogen-bond acceptors (Lipinski definition) is 6. The van der Waals surface area contributed by atoms with E-state index in [1.54, 1.807) is 0 Å². The smallest absolute Gasteiger partial charge is 0.242 e. The lowest BCUT2D eigenvalue weighted by Crippen LogP contribution is -2.50. The second-order valence-electron chi connectivity index (χ2n) is 8.15. The van der Waals surface area contributed by atoms with Gasteiger partial charge < -0.3 is 9.80 Å². The molecule has 0 aliphatic carbocycles. The Bertz CT molecular complexity index is 981. The molecule has 3 aromatic rings. The van der Waals surface area contributed by atoms with Crippen LogP contribution >= 0.6 is 11.5 Å². The Morgan fingerprint density at radius 1 is 1.00 bits per heavy atom. The molecule has 2 heterocycles. The molecule has 0 spiro atoms. The summed E-state index contributed by atoms with van der Waals surface area (Å²) in [6.45, 7) is 6.71. The minimum atomic E-state index is 0.150. The van der Waals surface area contributed by atoms with Crippen molar-refractivity contribution >= 4 is 22.6 Å². The third-order valence-corrected chi connectivity index (χ3v) is 6.48. The van der Waals surface area contributed by atoms with Gasteiger partial charge in [0.1, 0.15) is 5.82 Å². The maximum Gasteiger partial charge on any atom is 0.242 e. The van der Waals surface area contributed by atoms with E-state index in [0.717, 1.165) is 43.7 Å². The van der Waals surface area contributed by atoms with Crippen molar-refractivity contribution in [3.8, 4) is 0 Å². The van der Waals surface area contributed by atoms with Crippen LogP contribution in [0.1, 0.15) is 22.5 Å². The zero-order valence-electron chi connectivity index (χ0n) is 18.2. The van der Waals surface area contributed by atoms with Crippen molar-refractivity contribution in [2.75, 3.05) is 44.7 Å². The molecule has 0 radical (unpaired) electrons. The Morgan fingerprint density at radius 3 is 2.42 bits per heavy atom. The van der Waals surface area contributed by atoms with Gasteiger partial charge in [0.15, 0.2) is 0 Å². The highest BCUT2D eigenvalue weighted by Crippen LogP contribution is 2.18. The molecule has 1 saturated heterocycles. The summed E-state index contributed by atoms with van der Waals surface area (Å²) in [6, 6.07) is 18.9. The zero-order chi connectivity index (χ0) is 21.6. The largest absolute Gasteiger partial charge is 0.341 e. The fraction of sp³-hybridized carbons (Fsp3) is 0.375. The number of rotatable bonds is 7. The molecule has 2 aromatic carbocycles. The third-order valence-electron chi connectivity index (χ3n) is 5.61. The number of likely N-dealkylation sites (N-methyl/N-ethyl adjacent to an activating group) is 1. The van der Waals surface area contributed by atoms with Crippen molar-refractivity contribution < 1.29 is 4.79 Å². The maximum absolute atomic E-state index is 12.8. The molecule has 0 N–H and O–H groups in total. The van der Waals surface area contributed by atoms with E-state index < -0.39 is 0 Å². The first-order valence-electron chi connectivity index (χ1n) is 10.7. The number of carbonyl (C=O) groups is 1. The number of carbonyl (C=O) groups excluding carboxylic acids is 1. The summed E-state index contributed by atoms with van der Waals surface area (Å²) in [5, 5.41) is 0.790. The Hall–Kier alpha value is -2.77. The van der Waals surface area contributed by atoms with Crippen molar-refractivity contribution in [2.24, 2.45) is 0 Å². The summed E-state index contributed by atoms with van der Waals surface area (Å²) in [6.07, 6.45) is 0.710. The summed E-state index contributed by atoms with van der Waals surface area (Å²) >= 11 is 1.36. The predicted molar refractivity (Wildman–Crippen MR) is 125 cm³/mol. The van der Waals surface area contributed by atoms with E-state index in [1.165, 1.54) is 28.2 Å². The summed E-state index contributed by atoms with van der Waals surface area (Å²) in [5.74, 6) is 0.954. The number of nitrogens with zero attached hydrogens (tertiary/aromatic N) is 5. The lowest BCUT2D eigenvalue weighted by Gasteiger charge is -2.35. The monoisotopic (exact) mass is 435 g/mol. The van der Waals surface area contributed by atoms with Crippen molar-refractivity contribution in [3.05, 3.63) is 77.1 Å². The number of anilines is 1. The van der Waals surface area contributed by atoms with Crippen molar-refractivity contribution in [1.29, 1.82) is 0 Å². The van der Waals surface area contributed by atoms with Gasteiger partial charge in [-0.15, -0.1) is 0 Å². The number of hydrogen-bond donors (Lipinski definition) is 0. The Kier molecular flexibility index (Phi) is 6.94. The SMILES string of the molecule is Cc1ccc(Cc2nsc(N(C)CC(=O)N3CCN(Cc4ccccc4)CC3)n2)cc1. The van der Waals surface area contributed by atoms with Crippen LogP contribution in [-0.4, -0.2) is 64.8 Å². The van der Waals surface area contributed by atoms with Crippen LogP contribution in [0, 0.1) is 6.92 Å². The van der Waals surface area contributed by atoms with Gasteiger partial charge in [0, 0.05) is 57.7 Å². The van der Waals surface area contributed by atoms with Gasteiger partial charge in [0.05, 0.1) is 6.54 Å². The van der Waals surface area contributed by atoms with E-state index in [9.17, 15) is 4.79 Å². The molecule has 1 fully saturated rings. The number of piperazine rings is 1. The molecule has 162 valence electrons. The molecule has 0 bridgehead atoms. The average molecular weight is 436 g/mol. The number of aryl methyl sites for hydroxylation is 1. The minimum Gasteiger partial charge on any atom is -0.341 e. The molecule has 0 unspecified atom stereocenters. The summed E-state index contributed by atoms with van der Waals surface area (Å²) < 4.78 is 4.48. The Morgan fingerprint density at radius 2 is 1.71 bits per heavy atom. The van der Waals surface area contributed by atoms with Crippen LogP contribution in [0.2, 0.25) is 0 Å². The summed E-state index contributed by atoms with van der Waals surface area (Å²) in [5.41, 5.74) is 3.76. The third kappa shape index (κ3) is 5.89. The number of benzene rings is 2. The molecule has 4 rings (SSSR count). The molecule has 31 heavy (non-hydrogen) atoms. The fourth-order valence-electron chi connectivity index (χ4n) is 3.73. The van der Waals surface area contributed by atoms with E-state index in [4.69, 9.17) is 0 Å². The quantitative estimate of drug-likeness (QED) is 0.570. The first-order valence-corrected chi connectivity index (χ1v) is 11.5. The molecule has 0 atom stereocenters. The van der Waals surface area contributed by atoms with Crippen LogP contribution in [0.15, 0.2) is 54.6 Å². The van der Waals surface area contributed by atoms with Gasteiger partial charge in [0.25, 0.3) is 0 Å². The van der Waals surface area contributed by atoms with E-state index in [1.807, 2.05) is 22.9 Å². The van der Waals surface area contributed by atoms with Gasteiger partial charge >= 0.3 is 0 Å². The molecule has 0 saturated carbocycles. The Labute approximate surface area is 188 Å². The zero-order valence-corrected chi connectivity index (χ0v) is 19.0. The normalized spacial score (nSPS) is 14.6. The van der Waals surface area contributed by atoms with Gasteiger partial charge in [0.2, 0.25) is 11.0 Å². The molecule has 1 aliphatic rings. The fourth-order valence-corrected chi connectivity index (χ4v) is 4.37. The van der Waals surface area contributed by atoms with Crippen LogP contribution < -0.4 is 4.90 Å². The average Bonchev–Trinajstić information content (AvgIpc) is 3.25. The molecule has 1 aliphatic heterocycles. The molecule has 1 aromatic heterocycles. The molecule has 1 amide bonds. The van der Waals surface area contributed by atoms with Gasteiger partial charge in [-0.25, -0.2) is 4.98 Å². The molecule has 6 nitrogen and oxygen atoms in total. The Balaban J connectivity index is 1.25. The summed E-state index contributed by atoms with van der Waals surface area (Å²) in [4.78, 5) is 23.7. The first kappa shape index (κ1) is 21.5. The van der Waals surface area contributed by atoms with E-state index in [2.05, 4.69) is 69.7 Å². The van der Waals surface area contributed by atoms with Crippen LogP contribution in [0.25, 0.3) is 0 Å². The lowest BCUT2D eigenvalue weighted by atomic mass is 10.1. The topological polar surface area (TPSA) is 52.6 Å². The van der Waals surface area contributed by atoms with E-state index in [0.29, 0.717) is 13.0 Å². The second kappa shape index (κ2) is 10.0. The van der Waals surface area contributed by atoms with Crippen LogP contribution in [-0.2, 0) is 17.8 Å². The van der Waals surface area contributed by atoms with Crippen LogP contribution in [0.3, 0.4) is 0 Å². The van der Waals surface area contributed by atoms with Gasteiger partial charge in [-0.1, -0.05) is 60.2 Å². The highest BCUT2D eigenvalue weighted by Gasteiger charge is 2.23. The highest BCUT2D eigenvalue weighted by atomic mass is 32.1. The maximum atomic E-state index is 12.8.